The van der Waals surface area contributed by atoms with Crippen LogP contribution in [-0.2, 0) is 6.42 Å². The molecule has 2 heteroatoms. The van der Waals surface area contributed by atoms with Crippen molar-refractivity contribution in [2.45, 2.75) is 27.2 Å². The Morgan fingerprint density at radius 2 is 1.67 bits per heavy atom. The molecule has 1 heterocycles. The van der Waals surface area contributed by atoms with Crippen molar-refractivity contribution in [3.8, 4) is 0 Å². The van der Waals surface area contributed by atoms with Gasteiger partial charge in [-0.2, -0.15) is 0 Å². The fraction of sp³-hybridized carbons (Fsp3) is 0.385. The van der Waals surface area contributed by atoms with Crippen LogP contribution in [-0.4, -0.2) is 9.97 Å². The van der Waals surface area contributed by atoms with Gasteiger partial charge in [0.25, 0.3) is 0 Å². The molecule has 15 heavy (non-hydrogen) atoms. The highest BCUT2D eigenvalue weighted by Gasteiger charge is 2.06. The molecule has 2 rings (SSSR count). The van der Waals surface area contributed by atoms with Gasteiger partial charge in [0.2, 0.25) is 0 Å². The van der Waals surface area contributed by atoms with E-state index in [1.165, 1.54) is 0 Å². The van der Waals surface area contributed by atoms with E-state index in [0.717, 1.165) is 28.8 Å². The number of aryl methyl sites for hydroxylation is 1. The molecule has 78 valence electrons. The lowest BCUT2D eigenvalue weighted by Gasteiger charge is -2.08. The van der Waals surface area contributed by atoms with Gasteiger partial charge in [0, 0.05) is 0 Å². The van der Waals surface area contributed by atoms with E-state index < -0.39 is 0 Å². The fourth-order valence-corrected chi connectivity index (χ4v) is 1.70. The van der Waals surface area contributed by atoms with Gasteiger partial charge in [0.05, 0.1) is 22.4 Å². The normalized spacial score (nSPS) is 11.2. The Morgan fingerprint density at radius 3 is 2.27 bits per heavy atom. The highest BCUT2D eigenvalue weighted by molar-refractivity contribution is 5.74. The fourth-order valence-electron chi connectivity index (χ4n) is 1.70. The quantitative estimate of drug-likeness (QED) is 0.744. The summed E-state index contributed by atoms with van der Waals surface area (Å²) in [6.07, 6.45) is 1.00. The van der Waals surface area contributed by atoms with Crippen molar-refractivity contribution in [2.24, 2.45) is 5.92 Å². The van der Waals surface area contributed by atoms with E-state index in [2.05, 4.69) is 23.8 Å². The zero-order valence-corrected chi connectivity index (χ0v) is 9.49. The van der Waals surface area contributed by atoms with Crippen molar-refractivity contribution in [1.29, 1.82) is 0 Å². The molecule has 0 amide bonds. The molecule has 0 aliphatic heterocycles. The highest BCUT2D eigenvalue weighted by Crippen LogP contribution is 2.14. The van der Waals surface area contributed by atoms with Crippen LogP contribution >= 0.6 is 0 Å². The van der Waals surface area contributed by atoms with Gasteiger partial charge in [-0.3, -0.25) is 0 Å². The molecule has 0 N–H and O–H groups in total. The number of para-hydroxylation sites is 2. The van der Waals surface area contributed by atoms with Gasteiger partial charge < -0.3 is 0 Å². The van der Waals surface area contributed by atoms with Gasteiger partial charge in [-0.25, -0.2) is 9.97 Å². The Balaban J connectivity index is 2.52. The number of nitrogens with zero attached hydrogens (tertiary/aromatic N) is 2. The summed E-state index contributed by atoms with van der Waals surface area (Å²) in [4.78, 5) is 9.22. The third-order valence-electron chi connectivity index (χ3n) is 2.44. The number of aromatic nitrogens is 2. The number of fused-ring (bicyclic) bond motifs is 1. The summed E-state index contributed by atoms with van der Waals surface area (Å²) in [5, 5.41) is 0. The molecule has 0 saturated carbocycles. The van der Waals surface area contributed by atoms with Crippen LogP contribution in [0.15, 0.2) is 24.3 Å². The van der Waals surface area contributed by atoms with Crippen molar-refractivity contribution >= 4 is 11.0 Å². The van der Waals surface area contributed by atoms with Gasteiger partial charge in [0.15, 0.2) is 0 Å². The van der Waals surface area contributed by atoms with Gasteiger partial charge in [-0.05, 0) is 31.4 Å². The monoisotopic (exact) mass is 200 g/mol. The van der Waals surface area contributed by atoms with E-state index in [1.54, 1.807) is 0 Å². The molecule has 0 unspecified atom stereocenters. The highest BCUT2D eigenvalue weighted by atomic mass is 14.8. The van der Waals surface area contributed by atoms with Crippen molar-refractivity contribution in [1.82, 2.24) is 9.97 Å². The van der Waals surface area contributed by atoms with Gasteiger partial charge in [-0.1, -0.05) is 26.0 Å². The first-order valence-electron chi connectivity index (χ1n) is 5.39. The third kappa shape index (κ3) is 2.14. The molecule has 0 atom stereocenters. The first-order valence-corrected chi connectivity index (χ1v) is 5.39. The van der Waals surface area contributed by atoms with E-state index in [9.17, 15) is 0 Å². The molecular weight excluding hydrogens is 184 g/mol. The van der Waals surface area contributed by atoms with Crippen molar-refractivity contribution in [3.63, 3.8) is 0 Å². The average molecular weight is 200 g/mol. The summed E-state index contributed by atoms with van der Waals surface area (Å²) in [5.74, 6) is 0.624. The lowest BCUT2D eigenvalue weighted by Crippen LogP contribution is -2.02. The Hall–Kier alpha value is -1.44. The predicted molar refractivity (Wildman–Crippen MR) is 62.8 cm³/mol. The zero-order chi connectivity index (χ0) is 10.8. The van der Waals surface area contributed by atoms with Crippen LogP contribution in [0.25, 0.3) is 11.0 Å². The number of hydrogen-bond acceptors (Lipinski definition) is 2. The molecule has 0 fully saturated rings. The summed E-state index contributed by atoms with van der Waals surface area (Å²) in [6, 6.07) is 8.03. The van der Waals surface area contributed by atoms with E-state index in [0.29, 0.717) is 5.92 Å². The number of benzene rings is 1. The van der Waals surface area contributed by atoms with E-state index in [1.807, 2.05) is 31.2 Å². The van der Waals surface area contributed by atoms with Crippen LogP contribution in [0.4, 0.5) is 0 Å². The minimum atomic E-state index is 0.624. The predicted octanol–water partition coefficient (Wildman–Crippen LogP) is 3.14. The second-order valence-corrected chi connectivity index (χ2v) is 4.34. The van der Waals surface area contributed by atoms with Crippen LogP contribution in [0.5, 0.6) is 0 Å². The van der Waals surface area contributed by atoms with E-state index in [-0.39, 0.29) is 0 Å². The maximum absolute atomic E-state index is 4.65. The van der Waals surface area contributed by atoms with Gasteiger partial charge >= 0.3 is 0 Å². The van der Waals surface area contributed by atoms with Gasteiger partial charge in [0.1, 0.15) is 0 Å². The topological polar surface area (TPSA) is 25.8 Å². The molecule has 0 aliphatic rings. The largest absolute Gasteiger partial charge is 0.250 e. The maximum Gasteiger partial charge on any atom is 0.0890 e. The Labute approximate surface area is 90.4 Å². The second-order valence-electron chi connectivity index (χ2n) is 4.34. The molecule has 0 radical (unpaired) electrons. The van der Waals surface area contributed by atoms with Crippen LogP contribution in [0.1, 0.15) is 25.2 Å². The SMILES string of the molecule is Cc1nc2ccccc2nc1CC(C)C. The van der Waals surface area contributed by atoms with Gasteiger partial charge in [-0.15, -0.1) is 0 Å². The third-order valence-corrected chi connectivity index (χ3v) is 2.44. The first-order chi connectivity index (χ1) is 7.16. The minimum Gasteiger partial charge on any atom is -0.250 e. The molecule has 0 spiro atoms. The Bertz CT molecular complexity index is 475. The first kappa shape index (κ1) is 10.1. The standard InChI is InChI=1S/C13H16N2/c1-9(2)8-13-10(3)14-11-6-4-5-7-12(11)15-13/h4-7,9H,8H2,1-3H3. The summed E-state index contributed by atoms with van der Waals surface area (Å²) in [6.45, 7) is 6.45. The molecular formula is C13H16N2. The summed E-state index contributed by atoms with van der Waals surface area (Å²) >= 11 is 0. The zero-order valence-electron chi connectivity index (χ0n) is 9.49. The molecule has 1 aromatic heterocycles. The summed E-state index contributed by atoms with van der Waals surface area (Å²) in [5.41, 5.74) is 4.17. The Kier molecular flexibility index (Phi) is 2.67. The molecule has 2 nitrogen and oxygen atoms in total. The smallest absolute Gasteiger partial charge is 0.0890 e. The average Bonchev–Trinajstić information content (AvgIpc) is 2.18. The molecule has 0 aliphatic carbocycles. The number of hydrogen-bond donors (Lipinski definition) is 0. The second kappa shape index (κ2) is 3.97. The molecule has 0 saturated heterocycles. The van der Waals surface area contributed by atoms with Crippen molar-refractivity contribution in [3.05, 3.63) is 35.7 Å². The maximum atomic E-state index is 4.65. The van der Waals surface area contributed by atoms with Crippen molar-refractivity contribution < 1.29 is 0 Å². The molecule has 1 aromatic carbocycles. The minimum absolute atomic E-state index is 0.624. The Morgan fingerprint density at radius 1 is 1.07 bits per heavy atom. The lowest BCUT2D eigenvalue weighted by molar-refractivity contribution is 0.631. The lowest BCUT2D eigenvalue weighted by atomic mass is 10.1. The summed E-state index contributed by atoms with van der Waals surface area (Å²) < 4.78 is 0. The molecule has 2 aromatic rings. The van der Waals surface area contributed by atoms with Crippen LogP contribution < -0.4 is 0 Å². The van der Waals surface area contributed by atoms with E-state index in [4.69, 9.17) is 0 Å². The van der Waals surface area contributed by atoms with E-state index >= 15 is 0 Å². The molecule has 0 bridgehead atoms. The van der Waals surface area contributed by atoms with Crippen LogP contribution in [0.3, 0.4) is 0 Å². The van der Waals surface area contributed by atoms with Crippen LogP contribution in [0.2, 0.25) is 0 Å². The van der Waals surface area contributed by atoms with Crippen molar-refractivity contribution in [2.75, 3.05) is 0 Å². The summed E-state index contributed by atoms with van der Waals surface area (Å²) in [7, 11) is 0. The number of rotatable bonds is 2. The van der Waals surface area contributed by atoms with Crippen LogP contribution in [0, 0.1) is 12.8 Å².